The van der Waals surface area contributed by atoms with Crippen LogP contribution in [-0.2, 0) is 17.9 Å². The van der Waals surface area contributed by atoms with Crippen molar-refractivity contribution < 1.29 is 4.79 Å². The Kier molecular flexibility index (Phi) is 8.06. The molecule has 6 nitrogen and oxygen atoms in total. The summed E-state index contributed by atoms with van der Waals surface area (Å²) in [6.45, 7) is 6.99. The zero-order chi connectivity index (χ0) is 22.3. The van der Waals surface area contributed by atoms with Gasteiger partial charge in [-0.2, -0.15) is 0 Å². The Morgan fingerprint density at radius 2 is 1.78 bits per heavy atom. The topological polar surface area (TPSA) is 60.0 Å². The van der Waals surface area contributed by atoms with E-state index >= 15 is 0 Å². The van der Waals surface area contributed by atoms with Gasteiger partial charge < -0.3 is 15.5 Å². The first-order valence-electron chi connectivity index (χ1n) is 12.7. The predicted molar refractivity (Wildman–Crippen MR) is 130 cm³/mol. The molecule has 0 bridgehead atoms. The molecule has 4 rings (SSSR count). The Labute approximate surface area is 193 Å². The molecule has 0 aromatic heterocycles. The molecule has 2 unspecified atom stereocenters. The molecule has 3 aliphatic rings. The van der Waals surface area contributed by atoms with Crippen LogP contribution in [0.5, 0.6) is 0 Å². The Morgan fingerprint density at radius 3 is 2.53 bits per heavy atom. The summed E-state index contributed by atoms with van der Waals surface area (Å²) in [5, 5.41) is 7.07. The van der Waals surface area contributed by atoms with E-state index in [0.29, 0.717) is 11.9 Å². The van der Waals surface area contributed by atoms with Gasteiger partial charge in [0.2, 0.25) is 5.91 Å². The van der Waals surface area contributed by atoms with Crippen molar-refractivity contribution >= 4 is 11.9 Å². The van der Waals surface area contributed by atoms with Crippen LogP contribution >= 0.6 is 0 Å². The summed E-state index contributed by atoms with van der Waals surface area (Å²) < 4.78 is 0. The number of piperidine rings is 1. The monoisotopic (exact) mass is 439 g/mol. The largest absolute Gasteiger partial charge is 0.352 e. The normalized spacial score (nSPS) is 25.3. The summed E-state index contributed by atoms with van der Waals surface area (Å²) in [5.74, 6) is 1.47. The highest BCUT2D eigenvalue weighted by atomic mass is 16.2. The van der Waals surface area contributed by atoms with Gasteiger partial charge in [-0.1, -0.05) is 43.5 Å². The number of aliphatic imine (C=N–C) groups is 1. The lowest BCUT2D eigenvalue weighted by atomic mass is 10.0. The van der Waals surface area contributed by atoms with E-state index < -0.39 is 0 Å². The number of hydrogen-bond acceptors (Lipinski definition) is 3. The van der Waals surface area contributed by atoms with E-state index in [1.165, 1.54) is 49.8 Å². The van der Waals surface area contributed by atoms with Gasteiger partial charge in [0.1, 0.15) is 0 Å². The lowest BCUT2D eigenvalue weighted by Crippen LogP contribution is -2.45. The molecule has 2 heterocycles. The average Bonchev–Trinajstić information content (AvgIpc) is 3.51. The minimum Gasteiger partial charge on any atom is -0.352 e. The standard InChI is InChI=1S/C26H41N5O/c1-20-9-7-8-15-30(20)18-23-13-6-5-12-22(23)17-28-26(27-2)29-24-14-16-31(19-24)25(32)21-10-3-4-11-21/h5-6,12-13,20-21,24H,3-4,7-11,14-19H2,1-2H3,(H2,27,28,29). The number of nitrogens with zero attached hydrogens (tertiary/aromatic N) is 3. The molecule has 0 radical (unpaired) electrons. The van der Waals surface area contributed by atoms with Gasteiger partial charge in [0, 0.05) is 51.2 Å². The first kappa shape index (κ1) is 23.1. The van der Waals surface area contributed by atoms with Crippen LogP contribution < -0.4 is 10.6 Å². The second kappa shape index (κ2) is 11.2. The van der Waals surface area contributed by atoms with E-state index in [1.54, 1.807) is 0 Å². The molecule has 1 aromatic rings. The zero-order valence-corrected chi connectivity index (χ0v) is 20.0. The van der Waals surface area contributed by atoms with Crippen LogP contribution in [0.1, 0.15) is 69.4 Å². The fourth-order valence-electron chi connectivity index (χ4n) is 5.57. The van der Waals surface area contributed by atoms with Gasteiger partial charge in [0.15, 0.2) is 5.96 Å². The number of benzene rings is 1. The van der Waals surface area contributed by atoms with Gasteiger partial charge >= 0.3 is 0 Å². The molecular weight excluding hydrogens is 398 g/mol. The van der Waals surface area contributed by atoms with Crippen LogP contribution in [0.3, 0.4) is 0 Å². The molecular formula is C26H41N5O. The minimum absolute atomic E-state index is 0.269. The Bertz CT molecular complexity index is 788. The summed E-state index contributed by atoms with van der Waals surface area (Å²) >= 11 is 0. The highest BCUT2D eigenvalue weighted by Gasteiger charge is 2.32. The van der Waals surface area contributed by atoms with Gasteiger partial charge in [-0.25, -0.2) is 0 Å². The Morgan fingerprint density at radius 1 is 1.03 bits per heavy atom. The van der Waals surface area contributed by atoms with E-state index in [-0.39, 0.29) is 12.0 Å². The predicted octanol–water partition coefficient (Wildman–Crippen LogP) is 3.52. The van der Waals surface area contributed by atoms with Crippen molar-refractivity contribution in [3.63, 3.8) is 0 Å². The molecule has 2 N–H and O–H groups in total. The number of hydrogen-bond donors (Lipinski definition) is 2. The lowest BCUT2D eigenvalue weighted by molar-refractivity contribution is -0.134. The number of carbonyl (C=O) groups is 1. The maximum Gasteiger partial charge on any atom is 0.225 e. The van der Waals surface area contributed by atoms with Crippen molar-refractivity contribution in [1.82, 2.24) is 20.4 Å². The van der Waals surface area contributed by atoms with E-state index in [1.807, 2.05) is 7.05 Å². The molecule has 0 spiro atoms. The maximum atomic E-state index is 12.7. The quantitative estimate of drug-likeness (QED) is 0.526. The molecule has 1 saturated carbocycles. The number of guanidine groups is 1. The van der Waals surface area contributed by atoms with Crippen molar-refractivity contribution in [2.24, 2.45) is 10.9 Å². The van der Waals surface area contributed by atoms with Gasteiger partial charge in [-0.15, -0.1) is 0 Å². The van der Waals surface area contributed by atoms with Crippen molar-refractivity contribution in [3.8, 4) is 0 Å². The first-order valence-corrected chi connectivity index (χ1v) is 12.7. The average molecular weight is 440 g/mol. The molecule has 6 heteroatoms. The highest BCUT2D eigenvalue weighted by Crippen LogP contribution is 2.28. The number of carbonyl (C=O) groups excluding carboxylic acids is 1. The molecule has 1 aliphatic carbocycles. The van der Waals surface area contributed by atoms with Crippen LogP contribution in [0, 0.1) is 5.92 Å². The second-order valence-corrected chi connectivity index (χ2v) is 9.91. The summed E-state index contributed by atoms with van der Waals surface area (Å²) in [5.41, 5.74) is 2.73. The summed E-state index contributed by atoms with van der Waals surface area (Å²) in [6.07, 6.45) is 9.53. The molecule has 2 aliphatic heterocycles. The molecule has 2 atom stereocenters. The molecule has 1 amide bonds. The van der Waals surface area contributed by atoms with Crippen LogP contribution in [0.2, 0.25) is 0 Å². The Hall–Kier alpha value is -2.08. The number of rotatable bonds is 6. The van der Waals surface area contributed by atoms with E-state index in [9.17, 15) is 4.79 Å². The number of nitrogens with one attached hydrogen (secondary N) is 2. The third kappa shape index (κ3) is 5.83. The van der Waals surface area contributed by atoms with Crippen LogP contribution in [0.4, 0.5) is 0 Å². The van der Waals surface area contributed by atoms with E-state index in [2.05, 4.69) is 56.6 Å². The van der Waals surface area contributed by atoms with Crippen molar-refractivity contribution in [2.75, 3.05) is 26.7 Å². The molecule has 32 heavy (non-hydrogen) atoms. The summed E-state index contributed by atoms with van der Waals surface area (Å²) in [6, 6.07) is 9.70. The van der Waals surface area contributed by atoms with E-state index in [0.717, 1.165) is 51.4 Å². The lowest BCUT2D eigenvalue weighted by Gasteiger charge is -2.33. The first-order chi connectivity index (χ1) is 15.6. The van der Waals surface area contributed by atoms with Gasteiger partial charge in [0.05, 0.1) is 0 Å². The third-order valence-electron chi connectivity index (χ3n) is 7.65. The van der Waals surface area contributed by atoms with Crippen LogP contribution in [0.15, 0.2) is 29.3 Å². The SMILES string of the molecule is CN=C(NCc1ccccc1CN1CCCCC1C)NC1CCN(C(=O)C2CCCC2)C1. The Balaban J connectivity index is 1.28. The molecule has 2 saturated heterocycles. The molecule has 3 fully saturated rings. The third-order valence-corrected chi connectivity index (χ3v) is 7.65. The van der Waals surface area contributed by atoms with Crippen LogP contribution in [0.25, 0.3) is 0 Å². The van der Waals surface area contributed by atoms with Crippen molar-refractivity contribution in [1.29, 1.82) is 0 Å². The highest BCUT2D eigenvalue weighted by molar-refractivity contribution is 5.81. The van der Waals surface area contributed by atoms with Gasteiger partial charge in [-0.3, -0.25) is 14.7 Å². The number of likely N-dealkylation sites (tertiary alicyclic amines) is 2. The van der Waals surface area contributed by atoms with Crippen molar-refractivity contribution in [3.05, 3.63) is 35.4 Å². The second-order valence-electron chi connectivity index (χ2n) is 9.91. The minimum atomic E-state index is 0.269. The maximum absolute atomic E-state index is 12.7. The van der Waals surface area contributed by atoms with E-state index in [4.69, 9.17) is 0 Å². The fourth-order valence-corrected chi connectivity index (χ4v) is 5.57. The summed E-state index contributed by atoms with van der Waals surface area (Å²) in [7, 11) is 1.83. The number of amides is 1. The van der Waals surface area contributed by atoms with Gasteiger partial charge in [0.25, 0.3) is 0 Å². The van der Waals surface area contributed by atoms with Crippen LogP contribution in [-0.4, -0.2) is 60.4 Å². The zero-order valence-electron chi connectivity index (χ0n) is 20.0. The molecule has 176 valence electrons. The summed E-state index contributed by atoms with van der Waals surface area (Å²) in [4.78, 5) is 21.9. The molecule has 1 aromatic carbocycles. The van der Waals surface area contributed by atoms with Gasteiger partial charge in [-0.05, 0) is 56.7 Å². The smallest absolute Gasteiger partial charge is 0.225 e. The van der Waals surface area contributed by atoms with Crippen molar-refractivity contribution in [2.45, 2.75) is 83.5 Å². The fraction of sp³-hybridized carbons (Fsp3) is 0.692.